The maximum absolute atomic E-state index is 11.9. The molecule has 1 aromatic rings. The molecule has 0 bridgehead atoms. The molecule has 6 nitrogen and oxygen atoms in total. The number of carboxylic acids is 1. The van der Waals surface area contributed by atoms with Crippen LogP contribution in [0.4, 0.5) is 5.69 Å². The van der Waals surface area contributed by atoms with E-state index in [1.54, 1.807) is 23.9 Å². The summed E-state index contributed by atoms with van der Waals surface area (Å²) in [5, 5.41) is 14.0. The van der Waals surface area contributed by atoms with Gasteiger partial charge in [-0.1, -0.05) is 32.9 Å². The van der Waals surface area contributed by atoms with Crippen molar-refractivity contribution in [2.24, 2.45) is 11.8 Å². The number of thioether (sulfide) groups is 1. The monoisotopic (exact) mass is 366 g/mol. The Morgan fingerprint density at radius 3 is 2.32 bits per heavy atom. The molecule has 3 N–H and O–H groups in total. The predicted octanol–water partition coefficient (Wildman–Crippen LogP) is 2.74. The Bertz CT molecular complexity index is 587. The topological polar surface area (TPSA) is 95.5 Å². The molecular weight excluding hydrogens is 340 g/mol. The molecule has 2 amide bonds. The van der Waals surface area contributed by atoms with Gasteiger partial charge in [0, 0.05) is 23.1 Å². The summed E-state index contributed by atoms with van der Waals surface area (Å²) in [5.41, 5.74) is 1.72. The predicted molar refractivity (Wildman–Crippen MR) is 100 cm³/mol. The molecule has 1 aromatic carbocycles. The first kappa shape index (κ1) is 21.0. The van der Waals surface area contributed by atoms with Gasteiger partial charge in [0.05, 0.1) is 13.0 Å². The van der Waals surface area contributed by atoms with Crippen molar-refractivity contribution < 1.29 is 19.5 Å². The molecule has 0 saturated heterocycles. The van der Waals surface area contributed by atoms with E-state index in [0.717, 1.165) is 11.3 Å². The minimum Gasteiger partial charge on any atom is -0.481 e. The fourth-order valence-electron chi connectivity index (χ4n) is 1.87. The quantitative estimate of drug-likeness (QED) is 0.554. The normalized spacial score (nSPS) is 11.8. The van der Waals surface area contributed by atoms with Crippen molar-refractivity contribution >= 4 is 35.2 Å². The second-order valence-electron chi connectivity index (χ2n) is 6.19. The Morgan fingerprint density at radius 1 is 1.12 bits per heavy atom. The zero-order valence-electron chi connectivity index (χ0n) is 14.9. The van der Waals surface area contributed by atoms with E-state index >= 15 is 0 Å². The highest BCUT2D eigenvalue weighted by molar-refractivity contribution is 7.98. The number of carbonyl (C=O) groups is 3. The SMILES string of the molecule is CC(C)[C@H](C)C(=O)NCC(=O)Nc1ccc(CSCCC(=O)O)cc1. The molecule has 0 aliphatic heterocycles. The number of carbonyl (C=O) groups excluding carboxylic acids is 2. The van der Waals surface area contributed by atoms with Crippen molar-refractivity contribution in [1.82, 2.24) is 5.32 Å². The molecule has 0 unspecified atom stereocenters. The van der Waals surface area contributed by atoms with E-state index in [9.17, 15) is 14.4 Å². The van der Waals surface area contributed by atoms with Crippen molar-refractivity contribution in [3.8, 4) is 0 Å². The highest BCUT2D eigenvalue weighted by Crippen LogP contribution is 2.16. The van der Waals surface area contributed by atoms with E-state index in [4.69, 9.17) is 5.11 Å². The zero-order chi connectivity index (χ0) is 18.8. The molecule has 0 radical (unpaired) electrons. The van der Waals surface area contributed by atoms with E-state index in [1.165, 1.54) is 0 Å². The van der Waals surface area contributed by atoms with Crippen LogP contribution in [-0.2, 0) is 20.1 Å². The first-order valence-corrected chi connectivity index (χ1v) is 9.41. The fourth-order valence-corrected chi connectivity index (χ4v) is 2.76. The number of carboxylic acid groups (broad SMARTS) is 1. The first-order valence-electron chi connectivity index (χ1n) is 8.25. The third-order valence-electron chi connectivity index (χ3n) is 3.80. The van der Waals surface area contributed by atoms with Crippen LogP contribution in [0.5, 0.6) is 0 Å². The number of anilines is 1. The average molecular weight is 366 g/mol. The lowest BCUT2D eigenvalue weighted by Crippen LogP contribution is -2.37. The summed E-state index contributed by atoms with van der Waals surface area (Å²) in [6.07, 6.45) is 0.153. The van der Waals surface area contributed by atoms with Gasteiger partial charge in [0.25, 0.3) is 0 Å². The van der Waals surface area contributed by atoms with Crippen LogP contribution in [0.2, 0.25) is 0 Å². The largest absolute Gasteiger partial charge is 0.481 e. The zero-order valence-corrected chi connectivity index (χ0v) is 15.7. The lowest BCUT2D eigenvalue weighted by molar-refractivity contribution is -0.136. The second-order valence-corrected chi connectivity index (χ2v) is 7.30. The van der Waals surface area contributed by atoms with E-state index in [1.807, 2.05) is 32.9 Å². The molecule has 0 fully saturated rings. The van der Waals surface area contributed by atoms with Crippen LogP contribution in [0.25, 0.3) is 0 Å². The van der Waals surface area contributed by atoms with Crippen LogP contribution < -0.4 is 10.6 Å². The summed E-state index contributed by atoms with van der Waals surface area (Å²) in [5.74, 6) is 0.203. The lowest BCUT2D eigenvalue weighted by Gasteiger charge is -2.15. The molecular formula is C18H26N2O4S. The molecule has 0 spiro atoms. The molecule has 0 aliphatic rings. The van der Waals surface area contributed by atoms with Crippen LogP contribution >= 0.6 is 11.8 Å². The summed E-state index contributed by atoms with van der Waals surface area (Å²) >= 11 is 1.56. The lowest BCUT2D eigenvalue weighted by atomic mass is 9.97. The van der Waals surface area contributed by atoms with Gasteiger partial charge in [0.15, 0.2) is 0 Å². The minimum atomic E-state index is -0.791. The molecule has 7 heteroatoms. The molecule has 0 heterocycles. The maximum atomic E-state index is 11.9. The third-order valence-corrected chi connectivity index (χ3v) is 4.83. The van der Waals surface area contributed by atoms with E-state index < -0.39 is 5.97 Å². The van der Waals surface area contributed by atoms with Crippen LogP contribution in [0.1, 0.15) is 32.8 Å². The smallest absolute Gasteiger partial charge is 0.304 e. The maximum Gasteiger partial charge on any atom is 0.304 e. The molecule has 0 saturated carbocycles. The number of hydrogen-bond acceptors (Lipinski definition) is 4. The summed E-state index contributed by atoms with van der Waals surface area (Å²) in [6.45, 7) is 5.71. The highest BCUT2D eigenvalue weighted by atomic mass is 32.2. The number of hydrogen-bond donors (Lipinski definition) is 3. The number of benzene rings is 1. The number of nitrogens with one attached hydrogen (secondary N) is 2. The van der Waals surface area contributed by atoms with Gasteiger partial charge in [0.2, 0.25) is 11.8 Å². The number of rotatable bonds is 10. The molecule has 25 heavy (non-hydrogen) atoms. The van der Waals surface area contributed by atoms with Crippen LogP contribution in [0.3, 0.4) is 0 Å². The molecule has 1 atom stereocenters. The number of amides is 2. The van der Waals surface area contributed by atoms with Crippen LogP contribution in [0.15, 0.2) is 24.3 Å². The van der Waals surface area contributed by atoms with Gasteiger partial charge < -0.3 is 15.7 Å². The standard InChI is InChI=1S/C18H26N2O4S/c1-12(2)13(3)18(24)19-10-16(21)20-15-6-4-14(5-7-15)11-25-9-8-17(22)23/h4-7,12-13H,8-11H2,1-3H3,(H,19,24)(H,20,21)(H,22,23)/t13-/m0/s1. The van der Waals surface area contributed by atoms with Crippen molar-refractivity contribution in [3.05, 3.63) is 29.8 Å². The van der Waals surface area contributed by atoms with E-state index in [0.29, 0.717) is 11.4 Å². The third kappa shape index (κ3) is 8.58. The summed E-state index contributed by atoms with van der Waals surface area (Å²) in [6, 6.07) is 7.37. The summed E-state index contributed by atoms with van der Waals surface area (Å²) in [4.78, 5) is 34.2. The van der Waals surface area contributed by atoms with Gasteiger partial charge in [0.1, 0.15) is 0 Å². The van der Waals surface area contributed by atoms with Crippen LogP contribution in [-0.4, -0.2) is 35.2 Å². The highest BCUT2D eigenvalue weighted by Gasteiger charge is 2.17. The van der Waals surface area contributed by atoms with Crippen molar-refractivity contribution in [1.29, 1.82) is 0 Å². The van der Waals surface area contributed by atoms with Gasteiger partial charge in [-0.15, -0.1) is 0 Å². The molecule has 0 aromatic heterocycles. The average Bonchev–Trinajstić information content (AvgIpc) is 2.57. The molecule has 0 aliphatic carbocycles. The van der Waals surface area contributed by atoms with Crippen molar-refractivity contribution in [2.45, 2.75) is 32.9 Å². The molecule has 1 rings (SSSR count). The Labute approximate surface area is 152 Å². The Morgan fingerprint density at radius 2 is 1.76 bits per heavy atom. The first-order chi connectivity index (χ1) is 11.8. The number of aliphatic carboxylic acids is 1. The van der Waals surface area contributed by atoms with E-state index in [-0.39, 0.29) is 36.6 Å². The van der Waals surface area contributed by atoms with Gasteiger partial charge >= 0.3 is 5.97 Å². The Kier molecular flexibility index (Phi) is 9.05. The molecule has 138 valence electrons. The Balaban J connectivity index is 2.35. The van der Waals surface area contributed by atoms with Gasteiger partial charge in [-0.05, 0) is 23.6 Å². The van der Waals surface area contributed by atoms with E-state index in [2.05, 4.69) is 10.6 Å². The van der Waals surface area contributed by atoms with Crippen LogP contribution in [0, 0.1) is 11.8 Å². The Hall–Kier alpha value is -2.02. The summed E-state index contributed by atoms with van der Waals surface area (Å²) < 4.78 is 0. The second kappa shape index (κ2) is 10.8. The van der Waals surface area contributed by atoms with Crippen molar-refractivity contribution in [2.75, 3.05) is 17.6 Å². The van der Waals surface area contributed by atoms with Crippen molar-refractivity contribution in [3.63, 3.8) is 0 Å². The fraction of sp³-hybridized carbons (Fsp3) is 0.500. The van der Waals surface area contributed by atoms with Gasteiger partial charge in [-0.25, -0.2) is 0 Å². The van der Waals surface area contributed by atoms with Gasteiger partial charge in [-0.3, -0.25) is 14.4 Å². The minimum absolute atomic E-state index is 0.0529. The summed E-state index contributed by atoms with van der Waals surface area (Å²) in [7, 11) is 0. The van der Waals surface area contributed by atoms with Gasteiger partial charge in [-0.2, -0.15) is 11.8 Å².